The topological polar surface area (TPSA) is 41.3 Å². The van der Waals surface area contributed by atoms with Crippen molar-refractivity contribution in [1.29, 1.82) is 0 Å². The predicted octanol–water partition coefficient (Wildman–Crippen LogP) is 0.903. The van der Waals surface area contributed by atoms with Gasteiger partial charge in [0.2, 0.25) is 0 Å². The molecule has 0 aromatic rings. The van der Waals surface area contributed by atoms with Crippen molar-refractivity contribution in [3.63, 3.8) is 0 Å². The number of rotatable bonds is 5. The molecule has 3 N–H and O–H groups in total. The van der Waals surface area contributed by atoms with Gasteiger partial charge in [-0.3, -0.25) is 0 Å². The van der Waals surface area contributed by atoms with Crippen LogP contribution in [0.15, 0.2) is 0 Å². The van der Waals surface area contributed by atoms with Gasteiger partial charge in [0, 0.05) is 26.2 Å². The molecule has 1 aliphatic rings. The molecular weight excluding hydrogens is 186 g/mol. The van der Waals surface area contributed by atoms with E-state index in [0.717, 1.165) is 25.6 Å². The van der Waals surface area contributed by atoms with Gasteiger partial charge in [0.1, 0.15) is 0 Å². The van der Waals surface area contributed by atoms with E-state index in [1.54, 1.807) is 0 Å². The molecule has 15 heavy (non-hydrogen) atoms. The Morgan fingerprint density at radius 3 is 2.80 bits per heavy atom. The Kier molecular flexibility index (Phi) is 5.03. The first-order valence-corrected chi connectivity index (χ1v) is 6.15. The molecule has 1 saturated heterocycles. The fourth-order valence-corrected chi connectivity index (χ4v) is 2.46. The number of likely N-dealkylation sites (tertiary alicyclic amines) is 1. The van der Waals surface area contributed by atoms with Gasteiger partial charge in [-0.2, -0.15) is 0 Å². The van der Waals surface area contributed by atoms with Crippen molar-refractivity contribution >= 4 is 0 Å². The summed E-state index contributed by atoms with van der Waals surface area (Å²) in [6, 6.07) is 0. The van der Waals surface area contributed by atoms with Gasteiger partial charge in [-0.25, -0.2) is 0 Å². The largest absolute Gasteiger partial charge is 0.329 e. The van der Waals surface area contributed by atoms with Crippen LogP contribution >= 0.6 is 0 Å². The maximum Gasteiger partial charge on any atom is 0.00747 e. The molecule has 1 fully saturated rings. The van der Waals surface area contributed by atoms with Crippen LogP contribution in [-0.2, 0) is 0 Å². The normalized spacial score (nSPS) is 24.4. The first-order valence-electron chi connectivity index (χ1n) is 6.15. The molecule has 3 heteroatoms. The number of nitrogens with one attached hydrogen (secondary N) is 1. The molecule has 0 aliphatic carbocycles. The van der Waals surface area contributed by atoms with Gasteiger partial charge in [-0.15, -0.1) is 0 Å². The van der Waals surface area contributed by atoms with Gasteiger partial charge in [0.25, 0.3) is 0 Å². The van der Waals surface area contributed by atoms with Crippen molar-refractivity contribution in [3.8, 4) is 0 Å². The third-order valence-electron chi connectivity index (χ3n) is 3.63. The summed E-state index contributed by atoms with van der Waals surface area (Å²) < 4.78 is 0. The SMILES string of the molecule is CN1CCCC(C(C)(C)CNCCN)C1. The summed E-state index contributed by atoms with van der Waals surface area (Å²) in [5, 5.41) is 3.44. The molecule has 0 saturated carbocycles. The van der Waals surface area contributed by atoms with Gasteiger partial charge in [0.05, 0.1) is 0 Å². The van der Waals surface area contributed by atoms with E-state index in [9.17, 15) is 0 Å². The standard InChI is InChI=1S/C12H27N3/c1-12(2,10-14-7-6-13)11-5-4-8-15(3)9-11/h11,14H,4-10,13H2,1-3H3. The number of nitrogens with two attached hydrogens (primary N) is 1. The van der Waals surface area contributed by atoms with Gasteiger partial charge in [-0.1, -0.05) is 13.8 Å². The average Bonchev–Trinajstić information content (AvgIpc) is 2.18. The van der Waals surface area contributed by atoms with Gasteiger partial charge < -0.3 is 16.0 Å². The second-order valence-corrected chi connectivity index (χ2v) is 5.56. The smallest absolute Gasteiger partial charge is 0.00747 e. The minimum absolute atomic E-state index is 0.393. The molecule has 3 nitrogen and oxygen atoms in total. The Morgan fingerprint density at radius 1 is 1.47 bits per heavy atom. The highest BCUT2D eigenvalue weighted by Gasteiger charge is 2.31. The summed E-state index contributed by atoms with van der Waals surface area (Å²) >= 11 is 0. The molecule has 0 aromatic heterocycles. The lowest BCUT2D eigenvalue weighted by atomic mass is 9.74. The number of piperidine rings is 1. The molecule has 1 rings (SSSR count). The van der Waals surface area contributed by atoms with E-state index in [-0.39, 0.29) is 0 Å². The van der Waals surface area contributed by atoms with Crippen molar-refractivity contribution < 1.29 is 0 Å². The van der Waals surface area contributed by atoms with Crippen molar-refractivity contribution in [2.45, 2.75) is 26.7 Å². The van der Waals surface area contributed by atoms with Crippen LogP contribution in [0, 0.1) is 11.3 Å². The van der Waals surface area contributed by atoms with Crippen LogP contribution in [0.5, 0.6) is 0 Å². The molecule has 90 valence electrons. The van der Waals surface area contributed by atoms with Crippen molar-refractivity contribution in [2.75, 3.05) is 39.8 Å². The lowest BCUT2D eigenvalue weighted by Crippen LogP contribution is -2.44. The summed E-state index contributed by atoms with van der Waals surface area (Å²) in [7, 11) is 2.23. The second-order valence-electron chi connectivity index (χ2n) is 5.56. The number of hydrogen-bond donors (Lipinski definition) is 2. The third-order valence-corrected chi connectivity index (χ3v) is 3.63. The van der Waals surface area contributed by atoms with E-state index in [2.05, 4.69) is 31.1 Å². The first-order chi connectivity index (χ1) is 7.06. The molecule has 0 amide bonds. The van der Waals surface area contributed by atoms with Gasteiger partial charge >= 0.3 is 0 Å². The van der Waals surface area contributed by atoms with Crippen LogP contribution in [0.4, 0.5) is 0 Å². The van der Waals surface area contributed by atoms with E-state index in [0.29, 0.717) is 5.41 Å². The minimum Gasteiger partial charge on any atom is -0.329 e. The molecule has 0 spiro atoms. The fraction of sp³-hybridized carbons (Fsp3) is 1.00. The first kappa shape index (κ1) is 12.9. The highest BCUT2D eigenvalue weighted by molar-refractivity contribution is 4.85. The van der Waals surface area contributed by atoms with Crippen LogP contribution in [-0.4, -0.2) is 44.7 Å². The molecule has 0 aromatic carbocycles. The summed E-state index contributed by atoms with van der Waals surface area (Å²) in [4.78, 5) is 2.46. The van der Waals surface area contributed by atoms with Crippen LogP contribution in [0.25, 0.3) is 0 Å². The summed E-state index contributed by atoms with van der Waals surface area (Å²) in [6.45, 7) is 10.0. The molecule has 0 radical (unpaired) electrons. The summed E-state index contributed by atoms with van der Waals surface area (Å²) in [6.07, 6.45) is 2.73. The lowest BCUT2D eigenvalue weighted by Gasteiger charge is -2.40. The van der Waals surface area contributed by atoms with E-state index >= 15 is 0 Å². The summed E-state index contributed by atoms with van der Waals surface area (Å²) in [5.74, 6) is 0.821. The maximum atomic E-state index is 5.49. The number of hydrogen-bond acceptors (Lipinski definition) is 3. The van der Waals surface area contributed by atoms with E-state index in [1.807, 2.05) is 0 Å². The van der Waals surface area contributed by atoms with E-state index in [1.165, 1.54) is 25.9 Å². The Labute approximate surface area is 94.4 Å². The van der Waals surface area contributed by atoms with Crippen LogP contribution < -0.4 is 11.1 Å². The average molecular weight is 213 g/mol. The molecule has 1 atom stereocenters. The van der Waals surface area contributed by atoms with Crippen LogP contribution in [0.3, 0.4) is 0 Å². The molecule has 0 bridgehead atoms. The van der Waals surface area contributed by atoms with Gasteiger partial charge in [-0.05, 0) is 37.8 Å². The zero-order chi connectivity index (χ0) is 11.3. The van der Waals surface area contributed by atoms with Crippen LogP contribution in [0.2, 0.25) is 0 Å². The number of nitrogens with zero attached hydrogens (tertiary/aromatic N) is 1. The van der Waals surface area contributed by atoms with E-state index < -0.39 is 0 Å². The molecular formula is C12H27N3. The van der Waals surface area contributed by atoms with Crippen molar-refractivity contribution in [3.05, 3.63) is 0 Å². The fourth-order valence-electron chi connectivity index (χ4n) is 2.46. The molecule has 1 aliphatic heterocycles. The predicted molar refractivity (Wildman–Crippen MR) is 65.9 cm³/mol. The highest BCUT2D eigenvalue weighted by Crippen LogP contribution is 2.32. The quantitative estimate of drug-likeness (QED) is 0.667. The highest BCUT2D eigenvalue weighted by atomic mass is 15.1. The zero-order valence-electron chi connectivity index (χ0n) is 10.6. The Morgan fingerprint density at radius 2 is 2.20 bits per heavy atom. The Hall–Kier alpha value is -0.120. The van der Waals surface area contributed by atoms with Crippen LogP contribution in [0.1, 0.15) is 26.7 Å². The Bertz CT molecular complexity index is 180. The van der Waals surface area contributed by atoms with E-state index in [4.69, 9.17) is 5.73 Å². The zero-order valence-corrected chi connectivity index (χ0v) is 10.6. The minimum atomic E-state index is 0.393. The second kappa shape index (κ2) is 5.83. The van der Waals surface area contributed by atoms with Crippen molar-refractivity contribution in [1.82, 2.24) is 10.2 Å². The third kappa shape index (κ3) is 4.09. The maximum absolute atomic E-state index is 5.49. The van der Waals surface area contributed by atoms with Crippen molar-refractivity contribution in [2.24, 2.45) is 17.1 Å². The molecule has 1 unspecified atom stereocenters. The molecule has 1 heterocycles. The summed E-state index contributed by atoms with van der Waals surface area (Å²) in [5.41, 5.74) is 5.88. The lowest BCUT2D eigenvalue weighted by molar-refractivity contribution is 0.103. The van der Waals surface area contributed by atoms with Gasteiger partial charge in [0.15, 0.2) is 0 Å². The monoisotopic (exact) mass is 213 g/mol. The Balaban J connectivity index is 2.37.